The van der Waals surface area contributed by atoms with Crippen molar-refractivity contribution in [2.75, 3.05) is 6.61 Å². The molecule has 1 aromatic rings. The van der Waals surface area contributed by atoms with Gasteiger partial charge in [0.2, 0.25) is 0 Å². The van der Waals surface area contributed by atoms with E-state index in [1.165, 1.54) is 0 Å². The molecule has 0 aliphatic heterocycles. The molecule has 0 fully saturated rings. The molecule has 2 nitrogen and oxygen atoms in total. The molecule has 0 aromatic heterocycles. The molecule has 0 saturated heterocycles. The molecule has 0 heterocycles. The van der Waals surface area contributed by atoms with E-state index in [-0.39, 0.29) is 6.61 Å². The van der Waals surface area contributed by atoms with Crippen molar-refractivity contribution < 1.29 is 9.53 Å². The lowest BCUT2D eigenvalue weighted by atomic mass is 10.2. The average molecular weight is 190 g/mol. The molecule has 0 aliphatic carbocycles. The molecule has 0 unspecified atom stereocenters. The Morgan fingerprint density at radius 3 is 2.64 bits per heavy atom. The summed E-state index contributed by atoms with van der Waals surface area (Å²) >= 11 is 0. The molecule has 74 valence electrons. The van der Waals surface area contributed by atoms with Crippen LogP contribution >= 0.6 is 0 Å². The van der Waals surface area contributed by atoms with Crippen LogP contribution in [0.25, 0.3) is 0 Å². The highest BCUT2D eigenvalue weighted by atomic mass is 16.5. The maximum atomic E-state index is 10.5. The molecule has 0 radical (unpaired) electrons. The van der Waals surface area contributed by atoms with Gasteiger partial charge >= 0.3 is 0 Å². The van der Waals surface area contributed by atoms with Gasteiger partial charge in [0.15, 0.2) is 6.29 Å². The minimum Gasteiger partial charge on any atom is -0.480 e. The molecule has 0 atom stereocenters. The van der Waals surface area contributed by atoms with E-state index in [4.69, 9.17) is 11.2 Å². The molecular weight excluding hydrogens is 176 g/mol. The Labute approximate surface area is 84.9 Å². The smallest absolute Gasteiger partial charge is 0.153 e. The molecule has 0 saturated carbocycles. The lowest BCUT2D eigenvalue weighted by Gasteiger charge is -2.03. The zero-order chi connectivity index (χ0) is 10.8. The molecule has 0 aliphatic rings. The maximum absolute atomic E-state index is 10.5. The van der Waals surface area contributed by atoms with E-state index in [1.54, 1.807) is 24.3 Å². The number of aldehydes is 1. The molecule has 2 heteroatoms. The number of hydrogen-bond acceptors (Lipinski definition) is 2. The first kappa shape index (κ1) is 12.2. The van der Waals surface area contributed by atoms with Crippen LogP contribution in [0.15, 0.2) is 24.3 Å². The molecule has 0 amide bonds. The van der Waals surface area contributed by atoms with Gasteiger partial charge in [0.25, 0.3) is 0 Å². The van der Waals surface area contributed by atoms with Crippen molar-refractivity contribution in [1.82, 2.24) is 0 Å². The summed E-state index contributed by atoms with van der Waals surface area (Å²) in [6, 6.07) is 6.95. The van der Waals surface area contributed by atoms with Gasteiger partial charge in [0.05, 0.1) is 5.56 Å². The lowest BCUT2D eigenvalue weighted by molar-refractivity contribution is 0.112. The Balaban J connectivity index is 0.000000791. The molecule has 1 rings (SSSR count). The minimum atomic E-state index is 0.185. The SMILES string of the molecule is C#CCOc1ccccc1C=O.CC. The zero-order valence-corrected chi connectivity index (χ0v) is 8.49. The third-order valence-electron chi connectivity index (χ3n) is 1.36. The third kappa shape index (κ3) is 3.77. The Morgan fingerprint density at radius 1 is 1.43 bits per heavy atom. The van der Waals surface area contributed by atoms with Gasteiger partial charge in [-0.15, -0.1) is 6.42 Å². The first-order valence-electron chi connectivity index (χ1n) is 4.49. The Kier molecular flexibility index (Phi) is 6.89. The summed E-state index contributed by atoms with van der Waals surface area (Å²) in [4.78, 5) is 10.5. The highest BCUT2D eigenvalue weighted by Crippen LogP contribution is 2.14. The van der Waals surface area contributed by atoms with Gasteiger partial charge in [0.1, 0.15) is 12.4 Å². The molecule has 0 bridgehead atoms. The number of carbonyl (C=O) groups excluding carboxylic acids is 1. The van der Waals surface area contributed by atoms with Crippen molar-refractivity contribution in [3.63, 3.8) is 0 Å². The van der Waals surface area contributed by atoms with Gasteiger partial charge in [-0.2, -0.15) is 0 Å². The van der Waals surface area contributed by atoms with E-state index < -0.39 is 0 Å². The quantitative estimate of drug-likeness (QED) is 0.540. The van der Waals surface area contributed by atoms with Gasteiger partial charge in [-0.3, -0.25) is 4.79 Å². The fourth-order valence-electron chi connectivity index (χ4n) is 0.829. The highest BCUT2D eigenvalue weighted by Gasteiger charge is 1.98. The standard InChI is InChI=1S/C10H8O2.C2H6/c1-2-7-12-10-6-4-3-5-9(10)8-11;1-2/h1,3-6,8H,7H2;1-2H3. The van der Waals surface area contributed by atoms with Crippen molar-refractivity contribution >= 4 is 6.29 Å². The van der Waals surface area contributed by atoms with Crippen molar-refractivity contribution in [3.05, 3.63) is 29.8 Å². The summed E-state index contributed by atoms with van der Waals surface area (Å²) in [6.07, 6.45) is 5.75. The van der Waals surface area contributed by atoms with Crippen LogP contribution in [0.5, 0.6) is 5.75 Å². The lowest BCUT2D eigenvalue weighted by Crippen LogP contribution is -1.96. The molecule has 0 spiro atoms. The number of para-hydroxylation sites is 1. The summed E-state index contributed by atoms with van der Waals surface area (Å²) in [6.45, 7) is 4.19. The topological polar surface area (TPSA) is 26.3 Å². The predicted octanol–water partition coefficient (Wildman–Crippen LogP) is 2.54. The monoisotopic (exact) mass is 190 g/mol. The van der Waals surface area contributed by atoms with Gasteiger partial charge in [0, 0.05) is 0 Å². The summed E-state index contributed by atoms with van der Waals surface area (Å²) in [7, 11) is 0. The number of rotatable bonds is 3. The van der Waals surface area contributed by atoms with Crippen molar-refractivity contribution in [2.24, 2.45) is 0 Å². The van der Waals surface area contributed by atoms with Crippen LogP contribution in [-0.4, -0.2) is 12.9 Å². The average Bonchev–Trinajstić information content (AvgIpc) is 2.29. The van der Waals surface area contributed by atoms with Crippen LogP contribution in [0.3, 0.4) is 0 Å². The van der Waals surface area contributed by atoms with E-state index in [9.17, 15) is 4.79 Å². The fourth-order valence-corrected chi connectivity index (χ4v) is 0.829. The number of carbonyl (C=O) groups is 1. The Bertz CT molecular complexity index is 310. The molecular formula is C12H14O2. The highest BCUT2D eigenvalue weighted by molar-refractivity contribution is 5.79. The van der Waals surface area contributed by atoms with Gasteiger partial charge < -0.3 is 4.74 Å². The predicted molar refractivity (Wildman–Crippen MR) is 57.5 cm³/mol. The van der Waals surface area contributed by atoms with Crippen LogP contribution in [0.1, 0.15) is 24.2 Å². The van der Waals surface area contributed by atoms with Crippen molar-refractivity contribution in [3.8, 4) is 18.1 Å². The van der Waals surface area contributed by atoms with Crippen LogP contribution in [0.4, 0.5) is 0 Å². The summed E-state index contributed by atoms with van der Waals surface area (Å²) in [5, 5.41) is 0. The number of terminal acetylenes is 1. The largest absolute Gasteiger partial charge is 0.480 e. The molecule has 14 heavy (non-hydrogen) atoms. The minimum absolute atomic E-state index is 0.185. The summed E-state index contributed by atoms with van der Waals surface area (Å²) < 4.78 is 5.11. The Morgan fingerprint density at radius 2 is 2.07 bits per heavy atom. The Hall–Kier alpha value is -1.75. The zero-order valence-electron chi connectivity index (χ0n) is 8.49. The molecule has 0 N–H and O–H groups in total. The van der Waals surface area contributed by atoms with Crippen LogP contribution < -0.4 is 4.74 Å². The summed E-state index contributed by atoms with van der Waals surface area (Å²) in [5.41, 5.74) is 0.521. The van der Waals surface area contributed by atoms with Crippen molar-refractivity contribution in [2.45, 2.75) is 13.8 Å². The van der Waals surface area contributed by atoms with Crippen LogP contribution in [0.2, 0.25) is 0 Å². The van der Waals surface area contributed by atoms with E-state index in [1.807, 2.05) is 13.8 Å². The van der Waals surface area contributed by atoms with Gasteiger partial charge in [-0.1, -0.05) is 31.9 Å². The van der Waals surface area contributed by atoms with E-state index in [0.29, 0.717) is 11.3 Å². The normalized spacial score (nSPS) is 7.79. The second-order valence-electron chi connectivity index (χ2n) is 2.15. The first-order chi connectivity index (χ1) is 6.88. The van der Waals surface area contributed by atoms with Gasteiger partial charge in [-0.05, 0) is 12.1 Å². The second kappa shape index (κ2) is 7.88. The third-order valence-corrected chi connectivity index (χ3v) is 1.36. The van der Waals surface area contributed by atoms with E-state index in [2.05, 4.69) is 5.92 Å². The number of ether oxygens (including phenoxy) is 1. The van der Waals surface area contributed by atoms with Gasteiger partial charge in [-0.25, -0.2) is 0 Å². The first-order valence-corrected chi connectivity index (χ1v) is 4.49. The number of benzene rings is 1. The van der Waals surface area contributed by atoms with E-state index >= 15 is 0 Å². The summed E-state index contributed by atoms with van der Waals surface area (Å²) in [5.74, 6) is 2.86. The molecule has 1 aromatic carbocycles. The van der Waals surface area contributed by atoms with Crippen LogP contribution in [-0.2, 0) is 0 Å². The fraction of sp³-hybridized carbons (Fsp3) is 0.250. The second-order valence-corrected chi connectivity index (χ2v) is 2.15. The van der Waals surface area contributed by atoms with E-state index in [0.717, 1.165) is 6.29 Å². The number of hydrogen-bond donors (Lipinski definition) is 0. The maximum Gasteiger partial charge on any atom is 0.153 e. The van der Waals surface area contributed by atoms with Crippen molar-refractivity contribution in [1.29, 1.82) is 0 Å². The van der Waals surface area contributed by atoms with Crippen LogP contribution in [0, 0.1) is 12.3 Å².